The van der Waals surface area contributed by atoms with E-state index in [2.05, 4.69) is 0 Å². The van der Waals surface area contributed by atoms with Gasteiger partial charge in [0.25, 0.3) is 5.91 Å². The van der Waals surface area contributed by atoms with Gasteiger partial charge in [-0.05, 0) is 18.6 Å². The molecule has 2 atom stereocenters. The number of carbonyl (C=O) groups excluding carboxylic acids is 2. The van der Waals surface area contributed by atoms with Gasteiger partial charge in [0.05, 0.1) is 25.6 Å². The number of hydrogen-bond acceptors (Lipinski definition) is 7. The summed E-state index contributed by atoms with van der Waals surface area (Å²) in [6.07, 6.45) is 2.01. The van der Waals surface area contributed by atoms with E-state index in [1.807, 2.05) is 71.5 Å². The van der Waals surface area contributed by atoms with E-state index < -0.39 is 12.2 Å². The largest absolute Gasteiger partial charge is 0.497 e. The van der Waals surface area contributed by atoms with E-state index in [0.717, 1.165) is 16.9 Å². The van der Waals surface area contributed by atoms with Gasteiger partial charge in [-0.3, -0.25) is 19.5 Å². The molecule has 2 aromatic rings. The summed E-state index contributed by atoms with van der Waals surface area (Å²) >= 11 is 0. The van der Waals surface area contributed by atoms with Gasteiger partial charge in [-0.25, -0.2) is 9.79 Å². The van der Waals surface area contributed by atoms with Crippen molar-refractivity contribution in [3.63, 3.8) is 0 Å². The smallest absolute Gasteiger partial charge is 0.328 e. The summed E-state index contributed by atoms with van der Waals surface area (Å²) in [4.78, 5) is 38.0. The van der Waals surface area contributed by atoms with Gasteiger partial charge in [-0.1, -0.05) is 37.3 Å². The molecule has 0 aliphatic carbocycles. The van der Waals surface area contributed by atoms with Crippen LogP contribution in [0.15, 0.2) is 59.7 Å². The van der Waals surface area contributed by atoms with Crippen LogP contribution in [0.3, 0.4) is 0 Å². The van der Waals surface area contributed by atoms with Crippen LogP contribution >= 0.6 is 0 Å². The Bertz CT molecular complexity index is 1200. The highest BCUT2D eigenvalue weighted by atomic mass is 16.5. The standard InChI is InChI=1S/C25H27N5O4/c1-5-13-28-23(31)21-22(27(2)25(28)32)26-24-29(21)15-19(16-9-7-6-8-10-16)30(24)18-14-17(33-3)11-12-20(18)34-4/h6-12,14-15,21-22H,5,13H2,1-4H3. The number of guanidine groups is 1. The zero-order valence-corrected chi connectivity index (χ0v) is 19.6. The van der Waals surface area contributed by atoms with Crippen LogP contribution in [0.4, 0.5) is 10.5 Å². The van der Waals surface area contributed by atoms with Gasteiger partial charge < -0.3 is 14.4 Å². The average molecular weight is 462 g/mol. The molecule has 2 unspecified atom stereocenters. The summed E-state index contributed by atoms with van der Waals surface area (Å²) in [5.74, 6) is 1.61. The van der Waals surface area contributed by atoms with E-state index >= 15 is 0 Å². The second-order valence-electron chi connectivity index (χ2n) is 8.33. The molecule has 0 N–H and O–H groups in total. The number of carbonyl (C=O) groups is 2. The fourth-order valence-corrected chi connectivity index (χ4v) is 4.69. The number of amides is 3. The van der Waals surface area contributed by atoms with E-state index in [0.29, 0.717) is 30.4 Å². The summed E-state index contributed by atoms with van der Waals surface area (Å²) in [6.45, 7) is 2.32. The second kappa shape index (κ2) is 8.40. The lowest BCUT2D eigenvalue weighted by molar-refractivity contribution is -0.136. The van der Waals surface area contributed by atoms with Gasteiger partial charge in [0.1, 0.15) is 11.5 Å². The van der Waals surface area contributed by atoms with Crippen LogP contribution < -0.4 is 14.4 Å². The quantitative estimate of drug-likeness (QED) is 0.658. The predicted octanol–water partition coefficient (Wildman–Crippen LogP) is 3.19. The van der Waals surface area contributed by atoms with Crippen LogP contribution in [0.25, 0.3) is 5.70 Å². The molecule has 9 heteroatoms. The van der Waals surface area contributed by atoms with Crippen LogP contribution in [-0.2, 0) is 4.79 Å². The lowest BCUT2D eigenvalue weighted by Gasteiger charge is -2.40. The Balaban J connectivity index is 1.66. The topological polar surface area (TPSA) is 77.9 Å². The third kappa shape index (κ3) is 3.19. The van der Waals surface area contributed by atoms with Gasteiger partial charge >= 0.3 is 6.03 Å². The van der Waals surface area contributed by atoms with Gasteiger partial charge in [0.15, 0.2) is 12.2 Å². The zero-order chi connectivity index (χ0) is 24.0. The first kappa shape index (κ1) is 21.8. The number of methoxy groups -OCH3 is 2. The number of imide groups is 1. The maximum Gasteiger partial charge on any atom is 0.328 e. The Kier molecular flexibility index (Phi) is 5.39. The Hall–Kier alpha value is -4.01. The van der Waals surface area contributed by atoms with Gasteiger partial charge in [0.2, 0.25) is 5.96 Å². The van der Waals surface area contributed by atoms with Crippen molar-refractivity contribution in [1.82, 2.24) is 14.7 Å². The molecule has 3 aliphatic rings. The van der Waals surface area contributed by atoms with Crippen LogP contribution in [-0.4, -0.2) is 72.6 Å². The lowest BCUT2D eigenvalue weighted by Crippen LogP contribution is -2.64. The van der Waals surface area contributed by atoms with Crippen molar-refractivity contribution < 1.29 is 19.1 Å². The van der Waals surface area contributed by atoms with Crippen molar-refractivity contribution in [2.75, 3.05) is 32.7 Å². The van der Waals surface area contributed by atoms with Crippen LogP contribution in [0.1, 0.15) is 18.9 Å². The van der Waals surface area contributed by atoms with Gasteiger partial charge in [0, 0.05) is 31.4 Å². The average Bonchev–Trinajstić information content (AvgIpc) is 3.42. The number of rotatable bonds is 6. The summed E-state index contributed by atoms with van der Waals surface area (Å²) < 4.78 is 11.2. The SMILES string of the molecule is CCCN1C(=O)C2C(N=C3N(c4cc(OC)ccc4OC)C(c4ccccc4)=CN32)N(C)C1=O. The van der Waals surface area contributed by atoms with Crippen molar-refractivity contribution >= 4 is 29.3 Å². The number of nitrogens with zero attached hydrogens (tertiary/aromatic N) is 5. The number of benzene rings is 2. The van der Waals surface area contributed by atoms with Crippen LogP contribution in [0.5, 0.6) is 11.5 Å². The molecule has 0 saturated carbocycles. The molecule has 3 heterocycles. The molecule has 9 nitrogen and oxygen atoms in total. The second-order valence-corrected chi connectivity index (χ2v) is 8.33. The lowest BCUT2D eigenvalue weighted by atomic mass is 10.1. The highest BCUT2D eigenvalue weighted by molar-refractivity contribution is 6.16. The number of likely N-dealkylation sites (N-methyl/N-ethyl adjacent to an activating group) is 1. The summed E-state index contributed by atoms with van der Waals surface area (Å²) in [6, 6.07) is 14.5. The van der Waals surface area contributed by atoms with E-state index in [1.54, 1.807) is 26.2 Å². The number of anilines is 1. The number of ether oxygens (including phenoxy) is 2. The molecule has 176 valence electrons. The molecule has 34 heavy (non-hydrogen) atoms. The molecule has 0 spiro atoms. The molecular weight excluding hydrogens is 434 g/mol. The minimum absolute atomic E-state index is 0.239. The normalized spacial score (nSPS) is 21.4. The summed E-state index contributed by atoms with van der Waals surface area (Å²) in [5.41, 5.74) is 2.53. The Morgan fingerprint density at radius 1 is 1.03 bits per heavy atom. The monoisotopic (exact) mass is 461 g/mol. The maximum atomic E-state index is 13.5. The highest BCUT2D eigenvalue weighted by Crippen LogP contribution is 2.44. The van der Waals surface area contributed by atoms with E-state index in [4.69, 9.17) is 14.5 Å². The molecule has 5 rings (SSSR count). The molecule has 0 bridgehead atoms. The number of fused-ring (bicyclic) bond motifs is 3. The first-order valence-electron chi connectivity index (χ1n) is 11.2. The maximum absolute atomic E-state index is 13.5. The van der Waals surface area contributed by atoms with Crippen molar-refractivity contribution in [2.45, 2.75) is 25.6 Å². The molecular formula is C25H27N5O4. The minimum Gasteiger partial charge on any atom is -0.497 e. The van der Waals surface area contributed by atoms with Crippen molar-refractivity contribution in [3.8, 4) is 11.5 Å². The van der Waals surface area contributed by atoms with E-state index in [9.17, 15) is 9.59 Å². The molecule has 3 aliphatic heterocycles. The van der Waals surface area contributed by atoms with Crippen LogP contribution in [0.2, 0.25) is 0 Å². The molecule has 1 saturated heterocycles. The zero-order valence-electron chi connectivity index (χ0n) is 19.6. The number of urea groups is 1. The fourth-order valence-electron chi connectivity index (χ4n) is 4.69. The summed E-state index contributed by atoms with van der Waals surface area (Å²) in [5, 5.41) is 0. The molecule has 1 fully saturated rings. The van der Waals surface area contributed by atoms with E-state index in [1.165, 1.54) is 4.90 Å². The highest BCUT2D eigenvalue weighted by Gasteiger charge is 2.55. The van der Waals surface area contributed by atoms with Crippen molar-refractivity contribution in [3.05, 3.63) is 60.3 Å². The third-order valence-corrected chi connectivity index (χ3v) is 6.36. The van der Waals surface area contributed by atoms with Gasteiger partial charge in [-0.15, -0.1) is 0 Å². The third-order valence-electron chi connectivity index (χ3n) is 6.36. The first-order chi connectivity index (χ1) is 16.5. The molecule has 2 aromatic carbocycles. The van der Waals surface area contributed by atoms with Crippen molar-refractivity contribution in [1.29, 1.82) is 0 Å². The predicted molar refractivity (Wildman–Crippen MR) is 128 cm³/mol. The molecule has 0 aromatic heterocycles. The van der Waals surface area contributed by atoms with Crippen LogP contribution in [0, 0.1) is 0 Å². The minimum atomic E-state index is -0.635. The Morgan fingerprint density at radius 2 is 1.79 bits per heavy atom. The first-order valence-corrected chi connectivity index (χ1v) is 11.2. The Labute approximate surface area is 198 Å². The van der Waals surface area contributed by atoms with E-state index in [-0.39, 0.29) is 11.9 Å². The van der Waals surface area contributed by atoms with Crippen molar-refractivity contribution in [2.24, 2.45) is 4.99 Å². The number of aliphatic imine (C=N–C) groups is 1. The molecule has 0 radical (unpaired) electrons. The van der Waals surface area contributed by atoms with Gasteiger partial charge in [-0.2, -0.15) is 0 Å². The Morgan fingerprint density at radius 3 is 2.47 bits per heavy atom. The fraction of sp³-hybridized carbons (Fsp3) is 0.320. The number of hydrogen-bond donors (Lipinski definition) is 0. The summed E-state index contributed by atoms with van der Waals surface area (Å²) in [7, 11) is 4.92. The molecule has 3 amide bonds.